The van der Waals surface area contributed by atoms with Gasteiger partial charge in [0.15, 0.2) is 0 Å². The zero-order valence-electron chi connectivity index (χ0n) is 27.3. The number of hydrogen-bond donors (Lipinski definition) is 1. The Hall–Kier alpha value is -4.98. The van der Waals surface area contributed by atoms with E-state index in [4.69, 9.17) is 19.6 Å². The van der Waals surface area contributed by atoms with Gasteiger partial charge in [0.2, 0.25) is 11.8 Å². The quantitative estimate of drug-likeness (QED) is 0.152. The van der Waals surface area contributed by atoms with E-state index in [0.717, 1.165) is 34.3 Å². The Kier molecular flexibility index (Phi) is 8.73. The number of nitrogens with zero attached hydrogens (tertiary/aromatic N) is 5. The van der Waals surface area contributed by atoms with E-state index in [1.807, 2.05) is 59.3 Å². The summed E-state index contributed by atoms with van der Waals surface area (Å²) in [6.45, 7) is 7.60. The lowest BCUT2D eigenvalue weighted by Crippen LogP contribution is -2.40. The van der Waals surface area contributed by atoms with Crippen molar-refractivity contribution in [1.82, 2.24) is 24.6 Å². The monoisotopic (exact) mass is 684 g/mol. The van der Waals surface area contributed by atoms with Gasteiger partial charge in [0.25, 0.3) is 0 Å². The third-order valence-electron chi connectivity index (χ3n) is 8.89. The molecule has 0 aliphatic carbocycles. The molecule has 0 fully saturated rings. The molecule has 0 radical (unpaired) electrons. The second kappa shape index (κ2) is 13.1. The number of amides is 2. The average molecular weight is 685 g/mol. The number of hydrogen-bond acceptors (Lipinski definition) is 8. The Balaban J connectivity index is 1.48. The molecule has 13 heteroatoms. The van der Waals surface area contributed by atoms with Crippen LogP contribution in [0.5, 0.6) is 5.75 Å². The van der Waals surface area contributed by atoms with E-state index >= 15 is 4.39 Å². The fourth-order valence-electron chi connectivity index (χ4n) is 6.60. The van der Waals surface area contributed by atoms with E-state index < -0.39 is 11.6 Å². The number of carbonyl (C=O) groups excluding carboxylic acids is 2. The molecule has 2 aromatic carbocycles. The first-order chi connectivity index (χ1) is 23.7. The minimum atomic E-state index is -0.810. The number of benzene rings is 2. The van der Waals surface area contributed by atoms with Gasteiger partial charge < -0.3 is 19.7 Å². The van der Waals surface area contributed by atoms with E-state index in [1.54, 1.807) is 4.90 Å². The summed E-state index contributed by atoms with van der Waals surface area (Å²) in [5.74, 6) is -1.88. The zero-order chi connectivity index (χ0) is 34.4. The maximum atomic E-state index is 16.1. The Morgan fingerprint density at radius 1 is 1.10 bits per heavy atom. The predicted octanol–water partition coefficient (Wildman–Crippen LogP) is 6.27. The van der Waals surface area contributed by atoms with Crippen LogP contribution in [0.25, 0.3) is 43.9 Å². The SMILES string of the molecule is C=CC(=O)N1CCn2nc(-c3nc(-c4ccc5c(c4)NC(=O)CN(C)C5)c4ccsc4c3-c3c(F)cc(F)cc3OCCOC)cc2[C@H]1C. The fraction of sp³-hybridized carbons (Fsp3) is 0.278. The summed E-state index contributed by atoms with van der Waals surface area (Å²) < 4.78 is 44.4. The Morgan fingerprint density at radius 2 is 1.94 bits per heavy atom. The molecule has 0 saturated carbocycles. The number of anilines is 1. The molecule has 0 spiro atoms. The van der Waals surface area contributed by atoms with Crippen LogP contribution in [0.15, 0.2) is 60.5 Å². The molecule has 7 rings (SSSR count). The zero-order valence-corrected chi connectivity index (χ0v) is 28.1. The lowest BCUT2D eigenvalue weighted by Gasteiger charge is -2.33. The highest BCUT2D eigenvalue weighted by molar-refractivity contribution is 7.18. The van der Waals surface area contributed by atoms with Gasteiger partial charge in [-0.3, -0.25) is 19.2 Å². The van der Waals surface area contributed by atoms with E-state index in [1.165, 1.54) is 24.5 Å². The highest BCUT2D eigenvalue weighted by Crippen LogP contribution is 2.47. The van der Waals surface area contributed by atoms with Crippen LogP contribution in [-0.2, 0) is 27.4 Å². The number of rotatable bonds is 8. The highest BCUT2D eigenvalue weighted by atomic mass is 32.1. The number of halogens is 2. The first-order valence-corrected chi connectivity index (χ1v) is 16.7. The Bertz CT molecular complexity index is 2130. The largest absolute Gasteiger partial charge is 0.490 e. The van der Waals surface area contributed by atoms with Crippen LogP contribution in [0.2, 0.25) is 0 Å². The first-order valence-electron chi connectivity index (χ1n) is 15.8. The van der Waals surface area contributed by atoms with Gasteiger partial charge in [0.05, 0.1) is 42.7 Å². The van der Waals surface area contributed by atoms with Crippen LogP contribution in [0, 0.1) is 11.6 Å². The van der Waals surface area contributed by atoms with Crippen molar-refractivity contribution in [3.8, 4) is 39.5 Å². The number of thiophene rings is 1. The summed E-state index contributed by atoms with van der Waals surface area (Å²) in [6, 6.07) is 11.3. The summed E-state index contributed by atoms with van der Waals surface area (Å²) in [5, 5.41) is 10.6. The maximum Gasteiger partial charge on any atom is 0.246 e. The molecule has 10 nitrogen and oxygen atoms in total. The summed E-state index contributed by atoms with van der Waals surface area (Å²) in [5.41, 5.74) is 5.08. The fourth-order valence-corrected chi connectivity index (χ4v) is 7.55. The van der Waals surface area contributed by atoms with Gasteiger partial charge in [-0.1, -0.05) is 18.7 Å². The second-order valence-corrected chi connectivity index (χ2v) is 13.0. The molecule has 2 aliphatic heterocycles. The van der Waals surface area contributed by atoms with Crippen molar-refractivity contribution in [1.29, 1.82) is 0 Å². The van der Waals surface area contributed by atoms with Crippen molar-refractivity contribution >= 4 is 38.9 Å². The number of carbonyl (C=O) groups is 2. The molecule has 1 N–H and O–H groups in total. The van der Waals surface area contributed by atoms with Crippen molar-refractivity contribution in [3.05, 3.63) is 83.4 Å². The molecule has 1 atom stereocenters. The number of nitrogens with one attached hydrogen (secondary N) is 1. The average Bonchev–Trinajstić information content (AvgIpc) is 3.70. The maximum absolute atomic E-state index is 16.1. The van der Waals surface area contributed by atoms with Gasteiger partial charge in [-0.2, -0.15) is 5.10 Å². The second-order valence-electron chi connectivity index (χ2n) is 12.1. The number of aromatic nitrogens is 3. The minimum Gasteiger partial charge on any atom is -0.490 e. The summed E-state index contributed by atoms with van der Waals surface area (Å²) in [6.07, 6.45) is 1.30. The van der Waals surface area contributed by atoms with Crippen LogP contribution >= 0.6 is 11.3 Å². The molecule has 2 aliphatic rings. The standard InChI is InChI=1S/C36H34F2N6O4S/c1-5-31(46)43-9-10-44-28(20(43)2)17-27(41-44)35-33(32-25(38)15-23(37)16-29(32)48-12-11-47-4)36-24(8-13-49-36)34(40-35)21-6-7-22-18-42(3)19-30(45)39-26(22)14-21/h5-8,13-17,20H,1,9-12,18-19H2,2-4H3,(H,39,45)/t20-/m1/s1. The van der Waals surface area contributed by atoms with Crippen molar-refractivity contribution in [2.24, 2.45) is 0 Å². The number of likely N-dealkylation sites (N-methyl/N-ethyl adjacent to an activating group) is 1. The third-order valence-corrected chi connectivity index (χ3v) is 9.82. The number of pyridine rings is 1. The molecule has 0 bridgehead atoms. The van der Waals surface area contributed by atoms with Gasteiger partial charge in [0, 0.05) is 59.2 Å². The summed E-state index contributed by atoms with van der Waals surface area (Å²) in [4.78, 5) is 34.1. The van der Waals surface area contributed by atoms with Crippen LogP contribution in [-0.4, -0.2) is 76.8 Å². The molecular weight excluding hydrogens is 650 g/mol. The number of ether oxygens (including phenoxy) is 2. The third kappa shape index (κ3) is 5.98. The highest BCUT2D eigenvalue weighted by Gasteiger charge is 2.31. The van der Waals surface area contributed by atoms with Gasteiger partial charge in [-0.25, -0.2) is 13.8 Å². The molecule has 252 valence electrons. The minimum absolute atomic E-state index is 0.0111. The summed E-state index contributed by atoms with van der Waals surface area (Å²) >= 11 is 1.40. The van der Waals surface area contributed by atoms with Gasteiger partial charge in [-0.15, -0.1) is 11.3 Å². The smallest absolute Gasteiger partial charge is 0.246 e. The lowest BCUT2D eigenvalue weighted by atomic mass is 9.95. The molecule has 49 heavy (non-hydrogen) atoms. The van der Waals surface area contributed by atoms with E-state index in [9.17, 15) is 14.0 Å². The molecule has 5 aromatic rings. The van der Waals surface area contributed by atoms with Gasteiger partial charge in [-0.05, 0) is 49.2 Å². The molecule has 2 amide bonds. The molecule has 0 saturated heterocycles. The van der Waals surface area contributed by atoms with Crippen LogP contribution < -0.4 is 10.1 Å². The Labute approximate surface area is 285 Å². The molecule has 3 aromatic heterocycles. The molecule has 0 unspecified atom stereocenters. The predicted molar refractivity (Wildman–Crippen MR) is 184 cm³/mol. The van der Waals surface area contributed by atoms with E-state index in [0.29, 0.717) is 52.7 Å². The van der Waals surface area contributed by atoms with Crippen molar-refractivity contribution in [2.75, 3.05) is 45.8 Å². The van der Waals surface area contributed by atoms with Crippen LogP contribution in [0.3, 0.4) is 0 Å². The number of fused-ring (bicyclic) bond motifs is 3. The van der Waals surface area contributed by atoms with E-state index in [-0.39, 0.29) is 48.9 Å². The molecular formula is C36H34F2N6O4S. The van der Waals surface area contributed by atoms with Crippen molar-refractivity contribution < 1.29 is 27.8 Å². The topological polar surface area (TPSA) is 102 Å². The van der Waals surface area contributed by atoms with Crippen LogP contribution in [0.1, 0.15) is 24.2 Å². The summed E-state index contributed by atoms with van der Waals surface area (Å²) in [7, 11) is 3.41. The van der Waals surface area contributed by atoms with Crippen molar-refractivity contribution in [2.45, 2.75) is 26.1 Å². The van der Waals surface area contributed by atoms with Gasteiger partial charge >= 0.3 is 0 Å². The molecule has 5 heterocycles. The van der Waals surface area contributed by atoms with Gasteiger partial charge in [0.1, 0.15) is 35.4 Å². The lowest BCUT2D eigenvalue weighted by molar-refractivity contribution is -0.129. The Morgan fingerprint density at radius 3 is 2.73 bits per heavy atom. The normalized spacial score (nSPS) is 16.2. The van der Waals surface area contributed by atoms with Crippen molar-refractivity contribution in [3.63, 3.8) is 0 Å². The number of methoxy groups -OCH3 is 1. The van der Waals surface area contributed by atoms with E-state index in [2.05, 4.69) is 11.9 Å². The first kappa shape index (κ1) is 32.6. The van der Waals surface area contributed by atoms with Crippen LogP contribution in [0.4, 0.5) is 14.5 Å².